The molecule has 0 saturated carbocycles. The molecule has 1 heterocycles. The van der Waals surface area contributed by atoms with Crippen molar-refractivity contribution in [1.29, 1.82) is 0 Å². The molecule has 0 fully saturated rings. The molecule has 0 bridgehead atoms. The first-order valence-electron chi connectivity index (χ1n) is 8.74. The Morgan fingerprint density at radius 1 is 1.37 bits per heavy atom. The van der Waals surface area contributed by atoms with Crippen molar-refractivity contribution in [1.82, 2.24) is 24.9 Å². The fraction of sp³-hybridized carbons (Fsp3) is 0.474. The second kappa shape index (κ2) is 9.36. The van der Waals surface area contributed by atoms with E-state index in [0.717, 1.165) is 17.1 Å². The molecule has 0 amide bonds. The van der Waals surface area contributed by atoms with Crippen molar-refractivity contribution in [2.45, 2.75) is 12.6 Å². The highest BCUT2D eigenvalue weighted by atomic mass is 19.1. The van der Waals surface area contributed by atoms with Gasteiger partial charge in [0.05, 0.1) is 19.3 Å². The lowest BCUT2D eigenvalue weighted by molar-refractivity contribution is 0.295. The lowest BCUT2D eigenvalue weighted by atomic mass is 10.1. The van der Waals surface area contributed by atoms with Gasteiger partial charge in [-0.1, -0.05) is 6.07 Å². The summed E-state index contributed by atoms with van der Waals surface area (Å²) in [5.74, 6) is 0.617. The molecule has 1 N–H and O–H groups in total. The molecule has 2 rings (SSSR count). The van der Waals surface area contributed by atoms with E-state index in [9.17, 15) is 4.39 Å². The van der Waals surface area contributed by atoms with E-state index in [1.165, 1.54) is 13.2 Å². The minimum Gasteiger partial charge on any atom is -0.494 e. The van der Waals surface area contributed by atoms with Crippen LogP contribution in [0.3, 0.4) is 0 Å². The Morgan fingerprint density at radius 3 is 2.63 bits per heavy atom. The molecule has 8 heteroatoms. The van der Waals surface area contributed by atoms with Gasteiger partial charge in [0, 0.05) is 46.0 Å². The number of hydrogen-bond donors (Lipinski definition) is 1. The van der Waals surface area contributed by atoms with Crippen molar-refractivity contribution in [3.63, 3.8) is 0 Å². The summed E-state index contributed by atoms with van der Waals surface area (Å²) in [4.78, 5) is 8.43. The molecule has 1 aromatic heterocycles. The number of nitrogens with zero attached hydrogens (tertiary/aromatic N) is 5. The smallest absolute Gasteiger partial charge is 0.193 e. The highest BCUT2D eigenvalue weighted by Gasteiger charge is 2.17. The minimum atomic E-state index is -0.365. The van der Waals surface area contributed by atoms with Crippen LogP contribution in [0.15, 0.2) is 35.6 Å². The molecule has 7 nitrogen and oxygen atoms in total. The van der Waals surface area contributed by atoms with Crippen molar-refractivity contribution in [2.24, 2.45) is 12.0 Å². The van der Waals surface area contributed by atoms with Gasteiger partial charge in [0.1, 0.15) is 0 Å². The number of hydrogen-bond acceptors (Lipinski definition) is 4. The Bertz CT molecular complexity index is 773. The highest BCUT2D eigenvalue weighted by Crippen LogP contribution is 2.19. The van der Waals surface area contributed by atoms with E-state index >= 15 is 0 Å². The zero-order valence-electron chi connectivity index (χ0n) is 16.9. The van der Waals surface area contributed by atoms with Gasteiger partial charge in [-0.15, -0.1) is 0 Å². The van der Waals surface area contributed by atoms with Crippen LogP contribution in [0.5, 0.6) is 5.75 Å². The fourth-order valence-electron chi connectivity index (χ4n) is 2.94. The first kappa shape index (κ1) is 20.7. The van der Waals surface area contributed by atoms with E-state index in [4.69, 9.17) is 4.74 Å². The first-order valence-corrected chi connectivity index (χ1v) is 8.74. The second-order valence-corrected chi connectivity index (χ2v) is 6.68. The van der Waals surface area contributed by atoms with Gasteiger partial charge < -0.3 is 19.9 Å². The Morgan fingerprint density at radius 2 is 2.11 bits per heavy atom. The molecule has 0 saturated heterocycles. The number of guanidine groups is 1. The van der Waals surface area contributed by atoms with Gasteiger partial charge in [-0.3, -0.25) is 9.67 Å². The molecular weight excluding hydrogens is 347 g/mol. The van der Waals surface area contributed by atoms with Gasteiger partial charge in [-0.05, 0) is 31.8 Å². The van der Waals surface area contributed by atoms with Crippen LogP contribution in [-0.4, -0.2) is 67.4 Å². The van der Waals surface area contributed by atoms with Crippen LogP contribution in [0.25, 0.3) is 0 Å². The van der Waals surface area contributed by atoms with E-state index in [1.54, 1.807) is 17.8 Å². The van der Waals surface area contributed by atoms with Gasteiger partial charge in [0.25, 0.3) is 0 Å². The molecule has 0 aliphatic carbocycles. The average Bonchev–Trinajstić information content (AvgIpc) is 3.04. The van der Waals surface area contributed by atoms with Gasteiger partial charge in [0.15, 0.2) is 17.5 Å². The summed E-state index contributed by atoms with van der Waals surface area (Å²) in [6.07, 6.45) is 3.89. The predicted molar refractivity (Wildman–Crippen MR) is 105 cm³/mol. The van der Waals surface area contributed by atoms with Crippen LogP contribution in [0.1, 0.15) is 17.2 Å². The Balaban J connectivity index is 2.02. The van der Waals surface area contributed by atoms with Crippen molar-refractivity contribution in [2.75, 3.05) is 41.8 Å². The molecule has 1 atom stereocenters. The summed E-state index contributed by atoms with van der Waals surface area (Å²) in [5.41, 5.74) is 1.97. The average molecular weight is 376 g/mol. The number of methoxy groups -OCH3 is 1. The molecule has 0 aliphatic heterocycles. The third kappa shape index (κ3) is 5.43. The van der Waals surface area contributed by atoms with Crippen LogP contribution in [0.2, 0.25) is 0 Å². The fourth-order valence-corrected chi connectivity index (χ4v) is 2.94. The molecule has 27 heavy (non-hydrogen) atoms. The summed E-state index contributed by atoms with van der Waals surface area (Å²) < 4.78 is 20.7. The summed E-state index contributed by atoms with van der Waals surface area (Å²) in [7, 11) is 11.1. The number of halogens is 1. The van der Waals surface area contributed by atoms with Crippen LogP contribution < -0.4 is 10.1 Å². The number of benzene rings is 1. The van der Waals surface area contributed by atoms with Gasteiger partial charge in [-0.2, -0.15) is 5.10 Å². The van der Waals surface area contributed by atoms with Gasteiger partial charge in [0.2, 0.25) is 0 Å². The van der Waals surface area contributed by atoms with E-state index in [0.29, 0.717) is 13.1 Å². The minimum absolute atomic E-state index is 0.155. The Kier molecular flexibility index (Phi) is 7.18. The molecule has 1 aromatic carbocycles. The topological polar surface area (TPSA) is 57.9 Å². The van der Waals surface area contributed by atoms with Gasteiger partial charge >= 0.3 is 0 Å². The summed E-state index contributed by atoms with van der Waals surface area (Å²) in [6.45, 7) is 1.20. The molecule has 0 spiro atoms. The lowest BCUT2D eigenvalue weighted by Gasteiger charge is -2.27. The van der Waals surface area contributed by atoms with Crippen LogP contribution >= 0.6 is 0 Å². The molecule has 0 aliphatic rings. The Labute approximate surface area is 160 Å². The standard InChI is InChI=1S/C19H29FN6O/c1-21-19(22-11-17(24(2)3)15-10-23-26(5)13-15)25(4)12-14-7-8-18(27-6)16(20)9-14/h7-10,13,17H,11-12H2,1-6H3,(H,21,22). The number of nitrogens with one attached hydrogen (secondary N) is 1. The van der Waals surface area contributed by atoms with Crippen molar-refractivity contribution in [3.05, 3.63) is 47.5 Å². The number of aromatic nitrogens is 2. The number of aryl methyl sites for hydroxylation is 1. The quantitative estimate of drug-likeness (QED) is 0.591. The number of likely N-dealkylation sites (N-methyl/N-ethyl adjacent to an activating group) is 1. The molecule has 1 unspecified atom stereocenters. The van der Waals surface area contributed by atoms with Crippen molar-refractivity contribution >= 4 is 5.96 Å². The number of rotatable bonds is 7. The summed E-state index contributed by atoms with van der Waals surface area (Å²) in [6, 6.07) is 5.13. The normalized spacial score (nSPS) is 13.0. The van der Waals surface area contributed by atoms with Gasteiger partial charge in [-0.25, -0.2) is 4.39 Å². The van der Waals surface area contributed by atoms with Crippen molar-refractivity contribution < 1.29 is 9.13 Å². The zero-order chi connectivity index (χ0) is 20.0. The van der Waals surface area contributed by atoms with E-state index < -0.39 is 0 Å². The summed E-state index contributed by atoms with van der Waals surface area (Å²) in [5, 5.41) is 7.65. The summed E-state index contributed by atoms with van der Waals surface area (Å²) >= 11 is 0. The monoisotopic (exact) mass is 376 g/mol. The highest BCUT2D eigenvalue weighted by molar-refractivity contribution is 5.79. The van der Waals surface area contributed by atoms with E-state index in [1.807, 2.05) is 51.6 Å². The van der Waals surface area contributed by atoms with Crippen molar-refractivity contribution in [3.8, 4) is 5.75 Å². The first-order chi connectivity index (χ1) is 12.8. The number of ether oxygens (including phenoxy) is 1. The van der Waals surface area contributed by atoms with Crippen LogP contribution in [0, 0.1) is 5.82 Å². The molecule has 0 radical (unpaired) electrons. The maximum Gasteiger partial charge on any atom is 0.193 e. The number of aliphatic imine (C=N–C) groups is 1. The maximum atomic E-state index is 13.9. The SMILES string of the molecule is CN=C(NCC(c1cnn(C)c1)N(C)C)N(C)Cc1ccc(OC)c(F)c1. The molecule has 2 aromatic rings. The third-order valence-electron chi connectivity index (χ3n) is 4.40. The molecule has 148 valence electrons. The van der Waals surface area contributed by atoms with Crippen LogP contribution in [0.4, 0.5) is 4.39 Å². The second-order valence-electron chi connectivity index (χ2n) is 6.68. The van der Waals surface area contributed by atoms with Crippen LogP contribution in [-0.2, 0) is 13.6 Å². The molecular formula is C19H29FN6O. The lowest BCUT2D eigenvalue weighted by Crippen LogP contribution is -2.42. The maximum absolute atomic E-state index is 13.9. The van der Waals surface area contributed by atoms with E-state index in [2.05, 4.69) is 20.3 Å². The van der Waals surface area contributed by atoms with E-state index in [-0.39, 0.29) is 17.6 Å². The predicted octanol–water partition coefficient (Wildman–Crippen LogP) is 1.88. The third-order valence-corrected chi connectivity index (χ3v) is 4.40. The largest absolute Gasteiger partial charge is 0.494 e. The zero-order valence-corrected chi connectivity index (χ0v) is 16.9. The Hall–Kier alpha value is -2.61.